The van der Waals surface area contributed by atoms with Crippen molar-refractivity contribution in [2.75, 3.05) is 11.4 Å². The van der Waals surface area contributed by atoms with Gasteiger partial charge in [0.1, 0.15) is 9.96 Å². The van der Waals surface area contributed by atoms with Crippen LogP contribution in [0.3, 0.4) is 0 Å². The summed E-state index contributed by atoms with van der Waals surface area (Å²) in [7, 11) is -2.13. The molecule has 3 aromatic rings. The zero-order valence-corrected chi connectivity index (χ0v) is 16.7. The third kappa shape index (κ3) is 3.95. The van der Waals surface area contributed by atoms with Crippen molar-refractivity contribution in [3.8, 4) is 5.75 Å². The van der Waals surface area contributed by atoms with E-state index in [0.717, 1.165) is 11.3 Å². The van der Waals surface area contributed by atoms with E-state index in [2.05, 4.69) is 20.9 Å². The second-order valence-electron chi connectivity index (χ2n) is 5.18. The molecule has 6 nitrogen and oxygen atoms in total. The van der Waals surface area contributed by atoms with Gasteiger partial charge in [-0.3, -0.25) is 9.29 Å². The van der Waals surface area contributed by atoms with Gasteiger partial charge in [-0.1, -0.05) is 6.07 Å². The number of ether oxygens (including phenoxy) is 1. The SMILES string of the molecule is CN(c1ccc(OC(=O)c2cncc(Br)c2)cc1)S(=O)(=O)c1cccs1. The number of halogens is 1. The van der Waals surface area contributed by atoms with E-state index in [0.29, 0.717) is 21.5 Å². The average Bonchev–Trinajstić information content (AvgIpc) is 3.17. The quantitative estimate of drug-likeness (QED) is 0.432. The number of nitrogens with zero attached hydrogens (tertiary/aromatic N) is 2. The minimum absolute atomic E-state index is 0.262. The number of sulfonamides is 1. The van der Waals surface area contributed by atoms with Gasteiger partial charge in [0.2, 0.25) is 0 Å². The van der Waals surface area contributed by atoms with Gasteiger partial charge in [-0.25, -0.2) is 13.2 Å². The number of thiophene rings is 1. The molecule has 2 heterocycles. The summed E-state index contributed by atoms with van der Waals surface area (Å²) in [6.07, 6.45) is 2.97. The summed E-state index contributed by atoms with van der Waals surface area (Å²) in [5, 5.41) is 1.71. The molecule has 0 aliphatic heterocycles. The molecule has 0 fully saturated rings. The number of carbonyl (C=O) groups excluding carboxylic acids is 1. The van der Waals surface area contributed by atoms with Crippen LogP contribution in [0.15, 0.2) is 68.9 Å². The highest BCUT2D eigenvalue weighted by molar-refractivity contribution is 9.10. The van der Waals surface area contributed by atoms with Crippen LogP contribution in [0.2, 0.25) is 0 Å². The number of hydrogen-bond donors (Lipinski definition) is 0. The lowest BCUT2D eigenvalue weighted by atomic mass is 10.3. The van der Waals surface area contributed by atoms with Crippen molar-refractivity contribution in [1.29, 1.82) is 0 Å². The van der Waals surface area contributed by atoms with E-state index in [4.69, 9.17) is 4.74 Å². The first-order valence-corrected chi connectivity index (χ1v) is 10.4. The van der Waals surface area contributed by atoms with Gasteiger partial charge in [0.25, 0.3) is 10.0 Å². The van der Waals surface area contributed by atoms with Crippen molar-refractivity contribution >= 4 is 48.9 Å². The van der Waals surface area contributed by atoms with Gasteiger partial charge in [0.05, 0.1) is 11.3 Å². The highest BCUT2D eigenvalue weighted by Crippen LogP contribution is 2.26. The number of esters is 1. The molecule has 26 heavy (non-hydrogen) atoms. The predicted octanol–water partition coefficient (Wildman–Crippen LogP) is 3.95. The van der Waals surface area contributed by atoms with E-state index >= 15 is 0 Å². The summed E-state index contributed by atoms with van der Waals surface area (Å²) in [4.78, 5) is 16.0. The summed E-state index contributed by atoms with van der Waals surface area (Å²) in [5.74, 6) is -0.244. The molecule has 0 radical (unpaired) electrons. The highest BCUT2D eigenvalue weighted by Gasteiger charge is 2.22. The third-order valence-electron chi connectivity index (χ3n) is 3.46. The molecule has 9 heteroatoms. The number of aromatic nitrogens is 1. The first-order valence-electron chi connectivity index (χ1n) is 7.33. The average molecular weight is 453 g/mol. The van der Waals surface area contributed by atoms with Crippen molar-refractivity contribution in [2.24, 2.45) is 0 Å². The Kier molecular flexibility index (Phi) is 5.40. The van der Waals surface area contributed by atoms with Crippen LogP contribution >= 0.6 is 27.3 Å². The number of benzene rings is 1. The summed E-state index contributed by atoms with van der Waals surface area (Å²) < 4.78 is 32.4. The summed E-state index contributed by atoms with van der Waals surface area (Å²) in [6, 6.07) is 11.1. The maximum absolute atomic E-state index is 12.5. The van der Waals surface area contributed by atoms with E-state index in [1.165, 1.54) is 17.5 Å². The number of carbonyl (C=O) groups is 1. The summed E-state index contributed by atoms with van der Waals surface area (Å²) in [6.45, 7) is 0. The first kappa shape index (κ1) is 18.6. The largest absolute Gasteiger partial charge is 0.423 e. The van der Waals surface area contributed by atoms with E-state index in [9.17, 15) is 13.2 Å². The minimum atomic E-state index is -3.60. The third-order valence-corrected chi connectivity index (χ3v) is 7.05. The zero-order chi connectivity index (χ0) is 18.7. The van der Waals surface area contributed by atoms with Crippen molar-refractivity contribution in [2.45, 2.75) is 4.21 Å². The standard InChI is InChI=1S/C17H13BrN2O4S2/c1-20(26(22,23)16-3-2-8-25-16)14-4-6-15(7-5-14)24-17(21)12-9-13(18)11-19-10-12/h2-11H,1H3. The Morgan fingerprint density at radius 1 is 1.19 bits per heavy atom. The number of rotatable bonds is 5. The predicted molar refractivity (Wildman–Crippen MR) is 103 cm³/mol. The summed E-state index contributed by atoms with van der Waals surface area (Å²) in [5.41, 5.74) is 0.767. The van der Waals surface area contributed by atoms with Crippen molar-refractivity contribution in [3.63, 3.8) is 0 Å². The molecule has 2 aromatic heterocycles. The molecule has 1 aromatic carbocycles. The lowest BCUT2D eigenvalue weighted by Crippen LogP contribution is -2.25. The molecule has 0 unspecified atom stereocenters. The van der Waals surface area contributed by atoms with Gasteiger partial charge >= 0.3 is 5.97 Å². The normalized spacial score (nSPS) is 11.2. The molecule has 0 saturated heterocycles. The van der Waals surface area contributed by atoms with Crippen LogP contribution in [-0.4, -0.2) is 26.4 Å². The summed E-state index contributed by atoms with van der Waals surface area (Å²) >= 11 is 4.40. The molecule has 3 rings (SSSR count). The van der Waals surface area contributed by atoms with Crippen LogP contribution in [0.5, 0.6) is 5.75 Å². The minimum Gasteiger partial charge on any atom is -0.423 e. The Labute approximate surface area is 163 Å². The maximum atomic E-state index is 12.5. The molecule has 0 atom stereocenters. The number of hydrogen-bond acceptors (Lipinski definition) is 6. The van der Waals surface area contributed by atoms with Crippen molar-refractivity contribution in [3.05, 3.63) is 70.3 Å². The molecule has 0 aliphatic carbocycles. The van der Waals surface area contributed by atoms with Gasteiger partial charge in [0.15, 0.2) is 0 Å². The first-order chi connectivity index (χ1) is 12.4. The molecule has 0 bridgehead atoms. The molecular formula is C17H13BrN2O4S2. The van der Waals surface area contributed by atoms with E-state index < -0.39 is 16.0 Å². The molecule has 0 N–H and O–H groups in total. The Morgan fingerprint density at radius 3 is 2.54 bits per heavy atom. The lowest BCUT2D eigenvalue weighted by Gasteiger charge is -2.18. The molecule has 0 spiro atoms. The monoisotopic (exact) mass is 452 g/mol. The van der Waals surface area contributed by atoms with E-state index in [1.54, 1.807) is 54.0 Å². The fourth-order valence-corrected chi connectivity index (χ4v) is 4.82. The van der Waals surface area contributed by atoms with Crippen LogP contribution in [-0.2, 0) is 10.0 Å². The van der Waals surface area contributed by atoms with Crippen molar-refractivity contribution < 1.29 is 17.9 Å². The molecular weight excluding hydrogens is 440 g/mol. The molecule has 0 aliphatic rings. The van der Waals surface area contributed by atoms with Gasteiger partial charge in [0, 0.05) is 23.9 Å². The fourth-order valence-electron chi connectivity index (χ4n) is 2.10. The van der Waals surface area contributed by atoms with Crippen LogP contribution in [0.4, 0.5) is 5.69 Å². The van der Waals surface area contributed by atoms with Gasteiger partial charge in [-0.2, -0.15) is 0 Å². The fraction of sp³-hybridized carbons (Fsp3) is 0.0588. The van der Waals surface area contributed by atoms with Gasteiger partial charge in [-0.05, 0) is 57.7 Å². The second-order valence-corrected chi connectivity index (χ2v) is 9.24. The number of pyridine rings is 1. The van der Waals surface area contributed by atoms with Crippen LogP contribution in [0.25, 0.3) is 0 Å². The smallest absolute Gasteiger partial charge is 0.345 e. The van der Waals surface area contributed by atoms with Crippen molar-refractivity contribution in [1.82, 2.24) is 4.98 Å². The maximum Gasteiger partial charge on any atom is 0.345 e. The lowest BCUT2D eigenvalue weighted by molar-refractivity contribution is 0.0734. The molecule has 0 saturated carbocycles. The van der Waals surface area contributed by atoms with Crippen LogP contribution in [0.1, 0.15) is 10.4 Å². The molecule has 134 valence electrons. The topological polar surface area (TPSA) is 76.6 Å². The Balaban J connectivity index is 1.75. The Hall–Kier alpha value is -2.23. The van der Waals surface area contributed by atoms with E-state index in [1.807, 2.05) is 0 Å². The van der Waals surface area contributed by atoms with E-state index in [-0.39, 0.29) is 4.21 Å². The zero-order valence-electron chi connectivity index (χ0n) is 13.5. The van der Waals surface area contributed by atoms with Gasteiger partial charge in [-0.15, -0.1) is 11.3 Å². The highest BCUT2D eigenvalue weighted by atomic mass is 79.9. The van der Waals surface area contributed by atoms with Crippen LogP contribution in [0, 0.1) is 0 Å². The van der Waals surface area contributed by atoms with Crippen LogP contribution < -0.4 is 9.04 Å². The molecule has 0 amide bonds. The number of anilines is 1. The second kappa shape index (κ2) is 7.56. The Morgan fingerprint density at radius 2 is 1.92 bits per heavy atom. The Bertz CT molecular complexity index is 1020. The van der Waals surface area contributed by atoms with Gasteiger partial charge < -0.3 is 4.74 Å².